The van der Waals surface area contributed by atoms with Gasteiger partial charge in [-0.05, 0) is 6.07 Å². The van der Waals surface area contributed by atoms with Gasteiger partial charge >= 0.3 is 5.97 Å². The highest BCUT2D eigenvalue weighted by Gasteiger charge is 2.17. The third kappa shape index (κ3) is 4.84. The third-order valence-electron chi connectivity index (χ3n) is 1.95. The molecule has 2 N–H and O–H groups in total. The van der Waals surface area contributed by atoms with E-state index in [1.807, 2.05) is 0 Å². The Morgan fingerprint density at radius 1 is 1.32 bits per heavy atom. The van der Waals surface area contributed by atoms with Gasteiger partial charge in [0.25, 0.3) is 5.69 Å². The maximum Gasteiger partial charge on any atom is 0.316 e. The lowest BCUT2D eigenvalue weighted by Crippen LogP contribution is -2.23. The number of nitrogens with one attached hydrogen (secondary N) is 1. The van der Waals surface area contributed by atoms with Crippen LogP contribution in [0.5, 0.6) is 0 Å². The molecule has 1 aromatic rings. The molecular weight excluding hydrogens is 276 g/mol. The van der Waals surface area contributed by atoms with E-state index in [4.69, 9.17) is 5.11 Å². The van der Waals surface area contributed by atoms with E-state index in [9.17, 15) is 23.9 Å². The molecule has 1 atom stereocenters. The number of para-hydroxylation sites is 2. The average molecular weight is 286 g/mol. The SMILES string of the molecule is O=C(O)CS(=O)CC(=O)Nc1ccccc1[N+](=O)[O-]. The number of nitro benzene ring substituents is 1. The summed E-state index contributed by atoms with van der Waals surface area (Å²) in [6.45, 7) is 0. The van der Waals surface area contributed by atoms with Crippen molar-refractivity contribution in [2.75, 3.05) is 16.8 Å². The number of carboxylic acids is 1. The molecule has 1 aromatic carbocycles. The van der Waals surface area contributed by atoms with Gasteiger partial charge in [0.15, 0.2) is 0 Å². The highest BCUT2D eigenvalue weighted by molar-refractivity contribution is 7.86. The average Bonchev–Trinajstić information content (AvgIpc) is 2.27. The molecule has 9 heteroatoms. The first kappa shape index (κ1) is 14.8. The van der Waals surface area contributed by atoms with E-state index in [1.165, 1.54) is 24.3 Å². The fourth-order valence-electron chi connectivity index (χ4n) is 1.26. The fourth-order valence-corrected chi connectivity index (χ4v) is 2.00. The van der Waals surface area contributed by atoms with Crippen LogP contribution in [0.3, 0.4) is 0 Å². The molecule has 1 rings (SSSR count). The van der Waals surface area contributed by atoms with Gasteiger partial charge in [0, 0.05) is 16.9 Å². The second-order valence-corrected chi connectivity index (χ2v) is 4.90. The third-order valence-corrected chi connectivity index (χ3v) is 3.10. The van der Waals surface area contributed by atoms with Crippen LogP contribution in [0.2, 0.25) is 0 Å². The molecule has 0 aliphatic carbocycles. The number of hydrogen-bond acceptors (Lipinski definition) is 5. The standard InChI is InChI=1S/C10H10N2O6S/c13-9(5-19(18)6-10(14)15)11-7-3-1-2-4-8(7)12(16)17/h1-4H,5-6H2,(H,11,13)(H,14,15). The predicted octanol–water partition coefficient (Wildman–Crippen LogP) is 0.367. The molecule has 1 unspecified atom stereocenters. The van der Waals surface area contributed by atoms with Crippen molar-refractivity contribution in [3.05, 3.63) is 34.4 Å². The molecule has 0 aliphatic heterocycles. The lowest BCUT2D eigenvalue weighted by molar-refractivity contribution is -0.383. The van der Waals surface area contributed by atoms with Crippen LogP contribution in [-0.2, 0) is 20.4 Å². The monoisotopic (exact) mass is 286 g/mol. The summed E-state index contributed by atoms with van der Waals surface area (Å²) in [5.41, 5.74) is -0.315. The van der Waals surface area contributed by atoms with Crippen LogP contribution in [0.15, 0.2) is 24.3 Å². The molecule has 0 saturated carbocycles. The number of aliphatic carboxylic acids is 1. The van der Waals surface area contributed by atoms with E-state index < -0.39 is 39.1 Å². The number of carboxylic acid groups (broad SMARTS) is 1. The van der Waals surface area contributed by atoms with Gasteiger partial charge in [0.2, 0.25) is 5.91 Å². The smallest absolute Gasteiger partial charge is 0.316 e. The Kier molecular flexibility index (Phi) is 5.12. The Morgan fingerprint density at radius 3 is 2.53 bits per heavy atom. The van der Waals surface area contributed by atoms with Crippen molar-refractivity contribution in [1.82, 2.24) is 0 Å². The van der Waals surface area contributed by atoms with Crippen molar-refractivity contribution in [3.8, 4) is 0 Å². The van der Waals surface area contributed by atoms with E-state index in [1.54, 1.807) is 0 Å². The topological polar surface area (TPSA) is 127 Å². The van der Waals surface area contributed by atoms with Gasteiger partial charge in [-0.3, -0.25) is 23.9 Å². The molecule has 0 heterocycles. The van der Waals surface area contributed by atoms with Gasteiger partial charge in [-0.1, -0.05) is 12.1 Å². The molecule has 0 aliphatic rings. The summed E-state index contributed by atoms with van der Waals surface area (Å²) in [4.78, 5) is 31.8. The van der Waals surface area contributed by atoms with Crippen LogP contribution < -0.4 is 5.32 Å². The summed E-state index contributed by atoms with van der Waals surface area (Å²) in [6.07, 6.45) is 0. The van der Waals surface area contributed by atoms with E-state index >= 15 is 0 Å². The van der Waals surface area contributed by atoms with Crippen molar-refractivity contribution in [3.63, 3.8) is 0 Å². The number of rotatable bonds is 6. The summed E-state index contributed by atoms with van der Waals surface area (Å²) in [6, 6.07) is 5.48. The maximum atomic E-state index is 11.5. The second-order valence-electron chi connectivity index (χ2n) is 3.44. The highest BCUT2D eigenvalue weighted by atomic mass is 32.2. The molecule has 19 heavy (non-hydrogen) atoms. The predicted molar refractivity (Wildman–Crippen MR) is 67.2 cm³/mol. The van der Waals surface area contributed by atoms with E-state index in [0.717, 1.165) is 0 Å². The lowest BCUT2D eigenvalue weighted by atomic mass is 10.2. The molecule has 102 valence electrons. The minimum Gasteiger partial charge on any atom is -0.481 e. The van der Waals surface area contributed by atoms with Crippen LogP contribution in [0, 0.1) is 10.1 Å². The number of hydrogen-bond donors (Lipinski definition) is 2. The van der Waals surface area contributed by atoms with Crippen molar-refractivity contribution < 1.29 is 23.8 Å². The number of anilines is 1. The fraction of sp³-hybridized carbons (Fsp3) is 0.200. The Morgan fingerprint density at radius 2 is 1.95 bits per heavy atom. The van der Waals surface area contributed by atoms with Crippen LogP contribution in [0.4, 0.5) is 11.4 Å². The number of benzene rings is 1. The van der Waals surface area contributed by atoms with Gasteiger partial charge in [-0.15, -0.1) is 0 Å². The normalized spacial score (nSPS) is 11.6. The van der Waals surface area contributed by atoms with Crippen LogP contribution >= 0.6 is 0 Å². The van der Waals surface area contributed by atoms with Gasteiger partial charge in [-0.2, -0.15) is 0 Å². The van der Waals surface area contributed by atoms with Gasteiger partial charge in [0.1, 0.15) is 17.2 Å². The molecular formula is C10H10N2O6S. The first-order chi connectivity index (χ1) is 8.90. The molecule has 0 aromatic heterocycles. The number of nitrogens with zero attached hydrogens (tertiary/aromatic N) is 1. The van der Waals surface area contributed by atoms with Crippen molar-refractivity contribution in [2.24, 2.45) is 0 Å². The van der Waals surface area contributed by atoms with Crippen molar-refractivity contribution in [2.45, 2.75) is 0 Å². The maximum absolute atomic E-state index is 11.5. The van der Waals surface area contributed by atoms with Crippen LogP contribution in [0.1, 0.15) is 0 Å². The molecule has 8 nitrogen and oxygen atoms in total. The van der Waals surface area contributed by atoms with Crippen molar-refractivity contribution >= 4 is 34.1 Å². The van der Waals surface area contributed by atoms with Gasteiger partial charge < -0.3 is 10.4 Å². The highest BCUT2D eigenvalue weighted by Crippen LogP contribution is 2.22. The summed E-state index contributed by atoms with van der Waals surface area (Å²) < 4.78 is 11.2. The summed E-state index contributed by atoms with van der Waals surface area (Å²) in [5.74, 6) is -3.20. The van der Waals surface area contributed by atoms with Crippen molar-refractivity contribution in [1.29, 1.82) is 0 Å². The van der Waals surface area contributed by atoms with Crippen LogP contribution in [0.25, 0.3) is 0 Å². The minimum absolute atomic E-state index is 0.0233. The largest absolute Gasteiger partial charge is 0.481 e. The molecule has 0 radical (unpaired) electrons. The molecule has 0 bridgehead atoms. The summed E-state index contributed by atoms with van der Waals surface area (Å²) in [7, 11) is -1.85. The number of carbonyl (C=O) groups excluding carboxylic acids is 1. The Bertz CT molecular complexity index is 545. The molecule has 0 spiro atoms. The minimum atomic E-state index is -1.85. The van der Waals surface area contributed by atoms with Crippen LogP contribution in [-0.4, -0.2) is 37.6 Å². The zero-order chi connectivity index (χ0) is 14.4. The van der Waals surface area contributed by atoms with E-state index in [2.05, 4.69) is 5.32 Å². The lowest BCUT2D eigenvalue weighted by Gasteiger charge is -2.05. The Labute approximate surface area is 110 Å². The molecule has 0 saturated heterocycles. The quantitative estimate of drug-likeness (QED) is 0.574. The molecule has 0 fully saturated rings. The zero-order valence-electron chi connectivity index (χ0n) is 9.57. The summed E-state index contributed by atoms with van der Waals surface area (Å²) in [5, 5.41) is 21.3. The summed E-state index contributed by atoms with van der Waals surface area (Å²) >= 11 is 0. The van der Waals surface area contributed by atoms with Gasteiger partial charge in [-0.25, -0.2) is 0 Å². The number of nitro groups is 1. The molecule has 1 amide bonds. The first-order valence-corrected chi connectivity index (χ1v) is 6.49. The van der Waals surface area contributed by atoms with Gasteiger partial charge in [0.05, 0.1) is 4.92 Å². The zero-order valence-corrected chi connectivity index (χ0v) is 10.4. The Hall–Kier alpha value is -2.29. The Balaban J connectivity index is 2.70. The number of amides is 1. The van der Waals surface area contributed by atoms with E-state index in [-0.39, 0.29) is 11.4 Å². The number of carbonyl (C=O) groups is 2. The van der Waals surface area contributed by atoms with E-state index in [0.29, 0.717) is 0 Å². The second kappa shape index (κ2) is 6.59. The first-order valence-electron chi connectivity index (χ1n) is 5.00.